The number of nitrogens with zero attached hydrogens (tertiary/aromatic N) is 1. The molecule has 2 heterocycles. The number of H-pyrrole nitrogens is 1. The second-order valence-electron chi connectivity index (χ2n) is 3.04. The number of hydrogen-bond donors (Lipinski definition) is 3. The van der Waals surface area contributed by atoms with Gasteiger partial charge in [-0.25, -0.2) is 0 Å². The Kier molecular flexibility index (Phi) is 2.51. The molecule has 5 heteroatoms. The summed E-state index contributed by atoms with van der Waals surface area (Å²) in [5.74, 6) is 0.439. The third kappa shape index (κ3) is 1.78. The van der Waals surface area contributed by atoms with Crippen molar-refractivity contribution in [1.29, 1.82) is 0 Å². The highest BCUT2D eigenvalue weighted by molar-refractivity contribution is 7.09. The molecule has 1 atom stereocenters. The Labute approximate surface area is 85.4 Å². The van der Waals surface area contributed by atoms with Crippen LogP contribution in [0, 0.1) is 0 Å². The molecule has 2 rings (SSSR count). The minimum atomic E-state index is -0.576. The van der Waals surface area contributed by atoms with Gasteiger partial charge in [-0.3, -0.25) is 5.10 Å². The fourth-order valence-electron chi connectivity index (χ4n) is 1.30. The molecule has 14 heavy (non-hydrogen) atoms. The van der Waals surface area contributed by atoms with Gasteiger partial charge in [-0.1, -0.05) is 6.07 Å². The normalized spacial score (nSPS) is 12.9. The lowest BCUT2D eigenvalue weighted by Crippen LogP contribution is -2.02. The maximum Gasteiger partial charge on any atom is 0.124 e. The molecule has 0 amide bonds. The molecule has 2 aromatic rings. The Balaban J connectivity index is 2.10. The van der Waals surface area contributed by atoms with Crippen molar-refractivity contribution in [2.24, 2.45) is 0 Å². The van der Waals surface area contributed by atoms with Crippen molar-refractivity contribution >= 4 is 17.2 Å². The first-order chi connectivity index (χ1) is 6.77. The van der Waals surface area contributed by atoms with Crippen LogP contribution in [0.2, 0.25) is 0 Å². The molecule has 0 saturated heterocycles. The Morgan fingerprint density at radius 2 is 2.50 bits per heavy atom. The van der Waals surface area contributed by atoms with Crippen molar-refractivity contribution < 1.29 is 5.11 Å². The molecule has 0 spiro atoms. The van der Waals surface area contributed by atoms with Crippen molar-refractivity contribution in [1.82, 2.24) is 10.2 Å². The zero-order chi connectivity index (χ0) is 9.97. The lowest BCUT2D eigenvalue weighted by molar-refractivity contribution is 0.180. The largest absolute Gasteiger partial charge is 0.388 e. The minimum Gasteiger partial charge on any atom is -0.388 e. The van der Waals surface area contributed by atoms with E-state index in [1.807, 2.05) is 17.5 Å². The van der Waals surface area contributed by atoms with Crippen molar-refractivity contribution in [2.75, 3.05) is 5.73 Å². The lowest BCUT2D eigenvalue weighted by atomic mass is 10.1. The number of aromatic nitrogens is 2. The summed E-state index contributed by atoms with van der Waals surface area (Å²) in [6, 6.07) is 3.95. The second-order valence-corrected chi connectivity index (χ2v) is 4.07. The van der Waals surface area contributed by atoms with Gasteiger partial charge in [0.05, 0.1) is 12.3 Å². The molecule has 4 nitrogen and oxygen atoms in total. The molecule has 2 aromatic heterocycles. The highest BCUT2D eigenvalue weighted by Gasteiger charge is 2.13. The predicted molar refractivity (Wildman–Crippen MR) is 56.0 cm³/mol. The van der Waals surface area contributed by atoms with Crippen LogP contribution in [0.5, 0.6) is 0 Å². The zero-order valence-corrected chi connectivity index (χ0v) is 8.29. The van der Waals surface area contributed by atoms with Crippen LogP contribution in [0.3, 0.4) is 0 Å². The number of anilines is 1. The summed E-state index contributed by atoms with van der Waals surface area (Å²) < 4.78 is 0. The number of rotatable bonds is 3. The van der Waals surface area contributed by atoms with Crippen molar-refractivity contribution in [3.05, 3.63) is 34.2 Å². The number of aromatic amines is 1. The topological polar surface area (TPSA) is 74.9 Å². The van der Waals surface area contributed by atoms with Gasteiger partial charge in [-0.05, 0) is 11.4 Å². The summed E-state index contributed by atoms with van der Waals surface area (Å²) >= 11 is 1.62. The van der Waals surface area contributed by atoms with Gasteiger partial charge in [0.25, 0.3) is 0 Å². The highest BCUT2D eigenvalue weighted by atomic mass is 32.1. The van der Waals surface area contributed by atoms with Gasteiger partial charge in [0, 0.05) is 16.9 Å². The van der Waals surface area contributed by atoms with Crippen LogP contribution in [0.4, 0.5) is 5.82 Å². The smallest absolute Gasteiger partial charge is 0.124 e. The molecular weight excluding hydrogens is 198 g/mol. The Morgan fingerprint density at radius 1 is 1.64 bits per heavy atom. The molecule has 1 unspecified atom stereocenters. The van der Waals surface area contributed by atoms with Crippen LogP contribution in [-0.2, 0) is 6.42 Å². The summed E-state index contributed by atoms with van der Waals surface area (Å²) in [6.07, 6.45) is 1.57. The van der Waals surface area contributed by atoms with Crippen LogP contribution in [0.15, 0.2) is 23.7 Å². The van der Waals surface area contributed by atoms with Gasteiger partial charge in [0.2, 0.25) is 0 Å². The number of hydrogen-bond acceptors (Lipinski definition) is 4. The first-order valence-electron chi connectivity index (χ1n) is 4.26. The fourth-order valence-corrected chi connectivity index (χ4v) is 2.04. The third-order valence-corrected chi connectivity index (χ3v) is 2.93. The molecule has 0 aliphatic heterocycles. The number of nitrogens with one attached hydrogen (secondary N) is 1. The van der Waals surface area contributed by atoms with E-state index in [-0.39, 0.29) is 0 Å². The Hall–Kier alpha value is -1.33. The monoisotopic (exact) mass is 209 g/mol. The summed E-state index contributed by atoms with van der Waals surface area (Å²) in [5, 5.41) is 18.2. The second kappa shape index (κ2) is 3.81. The number of nitrogens with two attached hydrogens (primary N) is 1. The van der Waals surface area contributed by atoms with E-state index in [0.29, 0.717) is 17.8 Å². The van der Waals surface area contributed by atoms with Gasteiger partial charge in [-0.2, -0.15) is 5.10 Å². The minimum absolute atomic E-state index is 0.439. The summed E-state index contributed by atoms with van der Waals surface area (Å²) in [7, 11) is 0. The molecule has 0 bridgehead atoms. The molecule has 0 saturated carbocycles. The van der Waals surface area contributed by atoms with Gasteiger partial charge >= 0.3 is 0 Å². The van der Waals surface area contributed by atoms with E-state index in [0.717, 1.165) is 4.88 Å². The quantitative estimate of drug-likeness (QED) is 0.713. The van der Waals surface area contributed by atoms with E-state index in [1.165, 1.54) is 0 Å². The van der Waals surface area contributed by atoms with Crippen LogP contribution < -0.4 is 5.73 Å². The molecule has 0 aliphatic carbocycles. The maximum absolute atomic E-state index is 9.83. The molecule has 0 aromatic carbocycles. The number of nitrogen functional groups attached to an aromatic ring is 1. The van der Waals surface area contributed by atoms with Crippen LogP contribution in [-0.4, -0.2) is 15.3 Å². The molecule has 74 valence electrons. The van der Waals surface area contributed by atoms with Crippen molar-refractivity contribution in [2.45, 2.75) is 12.5 Å². The molecule has 4 N–H and O–H groups in total. The van der Waals surface area contributed by atoms with Crippen LogP contribution in [0.1, 0.15) is 16.5 Å². The van der Waals surface area contributed by atoms with Crippen LogP contribution in [0.25, 0.3) is 0 Å². The van der Waals surface area contributed by atoms with E-state index in [4.69, 9.17) is 5.73 Å². The summed E-state index contributed by atoms with van der Waals surface area (Å²) in [6.45, 7) is 0. The average Bonchev–Trinajstić information content (AvgIpc) is 2.75. The van der Waals surface area contributed by atoms with Gasteiger partial charge in [0.15, 0.2) is 0 Å². The van der Waals surface area contributed by atoms with E-state index in [1.54, 1.807) is 17.5 Å². The summed E-state index contributed by atoms with van der Waals surface area (Å²) in [5.41, 5.74) is 6.26. The summed E-state index contributed by atoms with van der Waals surface area (Å²) in [4.78, 5) is 1.14. The van der Waals surface area contributed by atoms with Gasteiger partial charge in [-0.15, -0.1) is 11.3 Å². The van der Waals surface area contributed by atoms with Crippen molar-refractivity contribution in [3.8, 4) is 0 Å². The molecule has 0 aliphatic rings. The Bertz CT molecular complexity index is 396. The highest BCUT2D eigenvalue weighted by Crippen LogP contribution is 2.23. The molecule has 0 radical (unpaired) electrons. The van der Waals surface area contributed by atoms with Gasteiger partial charge < -0.3 is 10.8 Å². The van der Waals surface area contributed by atoms with E-state index < -0.39 is 6.10 Å². The standard InChI is InChI=1S/C9H11N3OS/c10-9-7(5-11-12-9)8(13)4-6-2-1-3-14-6/h1-3,5,8,13H,4H2,(H3,10,11,12). The van der Waals surface area contributed by atoms with E-state index >= 15 is 0 Å². The Morgan fingerprint density at radius 3 is 3.07 bits per heavy atom. The predicted octanol–water partition coefficient (Wildman–Crippen LogP) is 1.33. The lowest BCUT2D eigenvalue weighted by Gasteiger charge is -2.07. The maximum atomic E-state index is 9.83. The van der Waals surface area contributed by atoms with E-state index in [9.17, 15) is 5.11 Å². The van der Waals surface area contributed by atoms with Crippen LogP contribution >= 0.6 is 11.3 Å². The van der Waals surface area contributed by atoms with Gasteiger partial charge in [0.1, 0.15) is 5.82 Å². The first kappa shape index (κ1) is 9.23. The van der Waals surface area contributed by atoms with E-state index in [2.05, 4.69) is 10.2 Å². The third-order valence-electron chi connectivity index (χ3n) is 2.03. The fraction of sp³-hybridized carbons (Fsp3) is 0.222. The molecule has 0 fully saturated rings. The number of thiophene rings is 1. The number of aliphatic hydroxyl groups is 1. The zero-order valence-electron chi connectivity index (χ0n) is 7.47. The van der Waals surface area contributed by atoms with Crippen molar-refractivity contribution in [3.63, 3.8) is 0 Å². The first-order valence-corrected chi connectivity index (χ1v) is 5.14. The average molecular weight is 209 g/mol. The number of aliphatic hydroxyl groups excluding tert-OH is 1. The SMILES string of the molecule is Nc1[nH]ncc1C(O)Cc1cccs1. The molecular formula is C9H11N3OS.